The van der Waals surface area contributed by atoms with Crippen LogP contribution in [0.25, 0.3) is 11.3 Å². The Kier molecular flexibility index (Phi) is 2.49. The molecule has 2 rings (SSSR count). The Hall–Kier alpha value is -1.71. The van der Waals surface area contributed by atoms with E-state index < -0.39 is 6.43 Å². The van der Waals surface area contributed by atoms with Crippen molar-refractivity contribution in [3.05, 3.63) is 41.6 Å². The van der Waals surface area contributed by atoms with Crippen molar-refractivity contribution in [2.75, 3.05) is 0 Å². The summed E-state index contributed by atoms with van der Waals surface area (Å²) < 4.78 is 24.6. The van der Waals surface area contributed by atoms with Gasteiger partial charge in [0.25, 0.3) is 6.43 Å². The summed E-state index contributed by atoms with van der Waals surface area (Å²) in [6.45, 7) is 1.97. The second kappa shape index (κ2) is 3.81. The summed E-state index contributed by atoms with van der Waals surface area (Å²) in [5, 5.41) is 6.15. The van der Waals surface area contributed by atoms with E-state index in [1.165, 1.54) is 6.07 Å². The molecule has 1 aromatic carbocycles. The molecule has 0 bridgehead atoms. The molecule has 0 saturated carbocycles. The molecule has 0 amide bonds. The zero-order chi connectivity index (χ0) is 10.8. The molecule has 78 valence electrons. The maximum Gasteiger partial charge on any atom is 0.279 e. The lowest BCUT2D eigenvalue weighted by molar-refractivity contribution is 0.146. The van der Waals surface area contributed by atoms with E-state index in [1.807, 2.05) is 31.2 Å². The van der Waals surface area contributed by atoms with Gasteiger partial charge in [0.05, 0.1) is 5.69 Å². The van der Waals surface area contributed by atoms with Crippen molar-refractivity contribution in [2.24, 2.45) is 0 Å². The summed E-state index contributed by atoms with van der Waals surface area (Å²) in [5.41, 5.74) is 2.36. The summed E-state index contributed by atoms with van der Waals surface area (Å²) in [5.74, 6) is 0. The third-order valence-corrected chi connectivity index (χ3v) is 2.18. The number of hydrogen-bond donors (Lipinski definition) is 1. The van der Waals surface area contributed by atoms with Crippen LogP contribution in [0.1, 0.15) is 17.7 Å². The summed E-state index contributed by atoms with van der Waals surface area (Å²) in [7, 11) is 0. The molecule has 0 aliphatic heterocycles. The van der Waals surface area contributed by atoms with E-state index in [2.05, 4.69) is 10.2 Å². The molecule has 0 atom stereocenters. The highest BCUT2D eigenvalue weighted by atomic mass is 19.3. The van der Waals surface area contributed by atoms with Gasteiger partial charge < -0.3 is 0 Å². The SMILES string of the molecule is Cc1ccc(-c2cc(C(F)F)[nH]n2)cc1. The standard InChI is InChI=1S/C11H10F2N2/c1-7-2-4-8(5-3-7)9-6-10(11(12)13)15-14-9/h2-6,11H,1H3,(H,14,15). The van der Waals surface area contributed by atoms with Gasteiger partial charge in [-0.3, -0.25) is 5.10 Å². The predicted molar refractivity (Wildman–Crippen MR) is 53.7 cm³/mol. The molecule has 0 saturated heterocycles. The molecule has 4 heteroatoms. The third-order valence-electron chi connectivity index (χ3n) is 2.18. The van der Waals surface area contributed by atoms with Gasteiger partial charge in [0, 0.05) is 5.56 Å². The number of hydrogen-bond acceptors (Lipinski definition) is 1. The molecule has 1 aromatic heterocycles. The molecule has 2 aromatic rings. The first-order chi connectivity index (χ1) is 7.16. The van der Waals surface area contributed by atoms with E-state index in [4.69, 9.17) is 0 Å². The summed E-state index contributed by atoms with van der Waals surface area (Å²) in [4.78, 5) is 0. The molecule has 0 aliphatic rings. The highest BCUT2D eigenvalue weighted by Gasteiger charge is 2.11. The van der Waals surface area contributed by atoms with Gasteiger partial charge in [0.2, 0.25) is 0 Å². The largest absolute Gasteiger partial charge is 0.279 e. The van der Waals surface area contributed by atoms with Crippen LogP contribution >= 0.6 is 0 Å². The van der Waals surface area contributed by atoms with E-state index in [9.17, 15) is 8.78 Å². The number of halogens is 2. The predicted octanol–water partition coefficient (Wildman–Crippen LogP) is 3.32. The first-order valence-corrected chi connectivity index (χ1v) is 4.57. The van der Waals surface area contributed by atoms with Crippen LogP contribution in [0.2, 0.25) is 0 Å². The Balaban J connectivity index is 2.33. The average Bonchev–Trinajstić information content (AvgIpc) is 2.68. The van der Waals surface area contributed by atoms with Gasteiger partial charge in [-0.1, -0.05) is 29.8 Å². The van der Waals surface area contributed by atoms with E-state index in [0.29, 0.717) is 5.69 Å². The average molecular weight is 208 g/mol. The van der Waals surface area contributed by atoms with Gasteiger partial charge in [-0.2, -0.15) is 5.10 Å². The van der Waals surface area contributed by atoms with Gasteiger partial charge in [0.15, 0.2) is 0 Å². The minimum Gasteiger partial charge on any atom is -0.276 e. The van der Waals surface area contributed by atoms with Crippen molar-refractivity contribution in [1.29, 1.82) is 0 Å². The maximum atomic E-state index is 12.3. The molecular weight excluding hydrogens is 198 g/mol. The normalized spacial score (nSPS) is 10.9. The lowest BCUT2D eigenvalue weighted by Crippen LogP contribution is -1.81. The number of aromatic nitrogens is 2. The Labute approximate surface area is 85.9 Å². The first-order valence-electron chi connectivity index (χ1n) is 4.57. The van der Waals surface area contributed by atoms with Crippen molar-refractivity contribution < 1.29 is 8.78 Å². The van der Waals surface area contributed by atoms with Crippen LogP contribution in [0.4, 0.5) is 8.78 Å². The van der Waals surface area contributed by atoms with E-state index in [-0.39, 0.29) is 5.69 Å². The fraction of sp³-hybridized carbons (Fsp3) is 0.182. The van der Waals surface area contributed by atoms with Gasteiger partial charge in [-0.25, -0.2) is 8.78 Å². The van der Waals surface area contributed by atoms with Crippen molar-refractivity contribution in [3.8, 4) is 11.3 Å². The second-order valence-electron chi connectivity index (χ2n) is 3.38. The lowest BCUT2D eigenvalue weighted by atomic mass is 10.1. The van der Waals surface area contributed by atoms with Crippen LogP contribution in [0, 0.1) is 6.92 Å². The lowest BCUT2D eigenvalue weighted by Gasteiger charge is -1.96. The number of nitrogens with zero attached hydrogens (tertiary/aromatic N) is 1. The highest BCUT2D eigenvalue weighted by molar-refractivity contribution is 5.59. The monoisotopic (exact) mass is 208 g/mol. The topological polar surface area (TPSA) is 28.7 Å². The van der Waals surface area contributed by atoms with Gasteiger partial charge >= 0.3 is 0 Å². The van der Waals surface area contributed by atoms with Crippen LogP contribution in [-0.4, -0.2) is 10.2 Å². The number of H-pyrrole nitrogens is 1. The number of alkyl halides is 2. The van der Waals surface area contributed by atoms with Crippen molar-refractivity contribution in [3.63, 3.8) is 0 Å². The number of benzene rings is 1. The number of aromatic amines is 1. The van der Waals surface area contributed by atoms with Gasteiger partial charge in [0.1, 0.15) is 5.69 Å². The van der Waals surface area contributed by atoms with Gasteiger partial charge in [-0.05, 0) is 13.0 Å². The fourth-order valence-corrected chi connectivity index (χ4v) is 1.32. The van der Waals surface area contributed by atoms with Crippen molar-refractivity contribution >= 4 is 0 Å². The van der Waals surface area contributed by atoms with Crippen LogP contribution in [0.15, 0.2) is 30.3 Å². The smallest absolute Gasteiger partial charge is 0.276 e. The molecule has 0 spiro atoms. The van der Waals surface area contributed by atoms with Gasteiger partial charge in [-0.15, -0.1) is 0 Å². The van der Waals surface area contributed by atoms with Crippen LogP contribution in [0.5, 0.6) is 0 Å². The number of nitrogens with one attached hydrogen (secondary N) is 1. The molecule has 0 radical (unpaired) electrons. The number of aryl methyl sites for hydroxylation is 1. The van der Waals surface area contributed by atoms with Crippen LogP contribution in [0.3, 0.4) is 0 Å². The Bertz CT molecular complexity index is 446. The third kappa shape index (κ3) is 2.03. The fourth-order valence-electron chi connectivity index (χ4n) is 1.32. The molecule has 0 unspecified atom stereocenters. The number of rotatable bonds is 2. The zero-order valence-corrected chi connectivity index (χ0v) is 8.17. The minimum atomic E-state index is -2.50. The molecule has 1 heterocycles. The van der Waals surface area contributed by atoms with Crippen molar-refractivity contribution in [2.45, 2.75) is 13.3 Å². The Morgan fingerprint density at radius 3 is 2.40 bits per heavy atom. The van der Waals surface area contributed by atoms with E-state index in [1.54, 1.807) is 0 Å². The van der Waals surface area contributed by atoms with E-state index >= 15 is 0 Å². The minimum absolute atomic E-state index is 0.148. The summed E-state index contributed by atoms with van der Waals surface area (Å²) in [6.07, 6.45) is -2.50. The van der Waals surface area contributed by atoms with E-state index in [0.717, 1.165) is 11.1 Å². The first kappa shape index (κ1) is 9.83. The summed E-state index contributed by atoms with van der Waals surface area (Å²) >= 11 is 0. The zero-order valence-electron chi connectivity index (χ0n) is 8.17. The molecule has 1 N–H and O–H groups in total. The molecule has 2 nitrogen and oxygen atoms in total. The molecular formula is C11H10F2N2. The molecule has 15 heavy (non-hydrogen) atoms. The molecule has 0 fully saturated rings. The Morgan fingerprint density at radius 2 is 1.87 bits per heavy atom. The van der Waals surface area contributed by atoms with Crippen LogP contribution < -0.4 is 0 Å². The molecule has 0 aliphatic carbocycles. The maximum absolute atomic E-state index is 12.3. The highest BCUT2D eigenvalue weighted by Crippen LogP contribution is 2.23. The Morgan fingerprint density at radius 1 is 1.20 bits per heavy atom. The summed E-state index contributed by atoms with van der Waals surface area (Å²) in [6, 6.07) is 8.94. The van der Waals surface area contributed by atoms with Crippen molar-refractivity contribution in [1.82, 2.24) is 10.2 Å². The second-order valence-corrected chi connectivity index (χ2v) is 3.38. The van der Waals surface area contributed by atoms with Crippen LogP contribution in [-0.2, 0) is 0 Å². The quantitative estimate of drug-likeness (QED) is 0.805.